The monoisotopic (exact) mass is 280 g/mol. The fourth-order valence-corrected chi connectivity index (χ4v) is 1.90. The van der Waals surface area contributed by atoms with E-state index < -0.39 is 23.1 Å². The standard InChI is InChI=1S/C14H11F3N2O/c1-8-5-9(2)12(19-6-8)13(20)10-7-18-4-3-11(10)14(15,16)17/h3-7H,1-2H3. The number of carbonyl (C=O) groups is 1. The highest BCUT2D eigenvalue weighted by molar-refractivity contribution is 6.09. The number of ketones is 1. The van der Waals surface area contributed by atoms with Crippen LogP contribution in [0.3, 0.4) is 0 Å². The Morgan fingerprint density at radius 3 is 2.50 bits per heavy atom. The van der Waals surface area contributed by atoms with Crippen LogP contribution < -0.4 is 0 Å². The number of aryl methyl sites for hydroxylation is 2. The molecule has 20 heavy (non-hydrogen) atoms. The summed E-state index contributed by atoms with van der Waals surface area (Å²) in [5, 5.41) is 0. The number of rotatable bonds is 2. The Morgan fingerprint density at radius 2 is 1.90 bits per heavy atom. The van der Waals surface area contributed by atoms with Crippen LogP contribution in [0.4, 0.5) is 13.2 Å². The molecule has 0 unspecified atom stereocenters. The van der Waals surface area contributed by atoms with Gasteiger partial charge in [0.25, 0.3) is 0 Å². The topological polar surface area (TPSA) is 42.9 Å². The number of halogens is 3. The molecule has 0 aromatic carbocycles. The van der Waals surface area contributed by atoms with E-state index in [4.69, 9.17) is 0 Å². The zero-order valence-corrected chi connectivity index (χ0v) is 10.8. The van der Waals surface area contributed by atoms with Crippen LogP contribution in [0, 0.1) is 13.8 Å². The number of hydrogen-bond donors (Lipinski definition) is 0. The maximum atomic E-state index is 12.9. The Morgan fingerprint density at radius 1 is 1.20 bits per heavy atom. The lowest BCUT2D eigenvalue weighted by molar-refractivity contribution is -0.137. The van der Waals surface area contributed by atoms with Crippen LogP contribution in [0.15, 0.2) is 30.7 Å². The van der Waals surface area contributed by atoms with Gasteiger partial charge < -0.3 is 0 Å². The van der Waals surface area contributed by atoms with Crippen LogP contribution in [0.1, 0.15) is 32.7 Å². The molecule has 0 N–H and O–H groups in total. The molecule has 0 radical (unpaired) electrons. The average molecular weight is 280 g/mol. The van der Waals surface area contributed by atoms with E-state index >= 15 is 0 Å². The minimum atomic E-state index is -4.60. The van der Waals surface area contributed by atoms with Crippen molar-refractivity contribution < 1.29 is 18.0 Å². The van der Waals surface area contributed by atoms with Gasteiger partial charge in [0.2, 0.25) is 5.78 Å². The predicted octanol–water partition coefficient (Wildman–Crippen LogP) is 3.34. The Bertz CT molecular complexity index is 666. The first-order valence-corrected chi connectivity index (χ1v) is 5.80. The summed E-state index contributed by atoms with van der Waals surface area (Å²) in [5.41, 5.74) is -0.110. The molecule has 0 bridgehead atoms. The molecule has 3 nitrogen and oxygen atoms in total. The number of hydrogen-bond acceptors (Lipinski definition) is 3. The van der Waals surface area contributed by atoms with Gasteiger partial charge in [-0.3, -0.25) is 14.8 Å². The van der Waals surface area contributed by atoms with E-state index in [0.717, 1.165) is 24.0 Å². The summed E-state index contributed by atoms with van der Waals surface area (Å²) in [6.07, 6.45) is -1.22. The van der Waals surface area contributed by atoms with E-state index in [-0.39, 0.29) is 5.69 Å². The summed E-state index contributed by atoms with van der Waals surface area (Å²) in [6.45, 7) is 3.43. The molecule has 0 saturated heterocycles. The highest BCUT2D eigenvalue weighted by Gasteiger charge is 2.35. The quantitative estimate of drug-likeness (QED) is 0.792. The summed E-state index contributed by atoms with van der Waals surface area (Å²) < 4.78 is 38.7. The van der Waals surface area contributed by atoms with Crippen molar-refractivity contribution >= 4 is 5.78 Å². The molecule has 0 aliphatic heterocycles. The first-order valence-electron chi connectivity index (χ1n) is 5.80. The van der Waals surface area contributed by atoms with Crippen LogP contribution in [0.5, 0.6) is 0 Å². The molecule has 104 valence electrons. The Kier molecular flexibility index (Phi) is 3.57. The van der Waals surface area contributed by atoms with Gasteiger partial charge in [-0.1, -0.05) is 6.07 Å². The Labute approximate surface area is 113 Å². The Hall–Kier alpha value is -2.24. The van der Waals surface area contributed by atoms with Gasteiger partial charge in [-0.15, -0.1) is 0 Å². The number of aromatic nitrogens is 2. The summed E-state index contributed by atoms with van der Waals surface area (Å²) in [7, 11) is 0. The first kappa shape index (κ1) is 14.2. The van der Waals surface area contributed by atoms with Gasteiger partial charge in [0.15, 0.2) is 0 Å². The van der Waals surface area contributed by atoms with E-state index in [1.165, 1.54) is 6.20 Å². The molecular formula is C14H11F3N2O. The van der Waals surface area contributed by atoms with E-state index in [9.17, 15) is 18.0 Å². The second-order valence-corrected chi connectivity index (χ2v) is 4.43. The normalized spacial score (nSPS) is 11.4. The van der Waals surface area contributed by atoms with Gasteiger partial charge in [-0.2, -0.15) is 13.2 Å². The van der Waals surface area contributed by atoms with Crippen LogP contribution >= 0.6 is 0 Å². The molecule has 0 spiro atoms. The van der Waals surface area contributed by atoms with Crippen LogP contribution in [0.2, 0.25) is 0 Å². The van der Waals surface area contributed by atoms with Gasteiger partial charge in [0.1, 0.15) is 5.69 Å². The first-order chi connectivity index (χ1) is 9.30. The predicted molar refractivity (Wildman–Crippen MR) is 66.4 cm³/mol. The van der Waals surface area contributed by atoms with Gasteiger partial charge in [-0.05, 0) is 31.0 Å². The molecule has 2 aromatic heterocycles. The largest absolute Gasteiger partial charge is 0.417 e. The summed E-state index contributed by atoms with van der Waals surface area (Å²) in [6, 6.07) is 2.49. The lowest BCUT2D eigenvalue weighted by Gasteiger charge is -2.12. The average Bonchev–Trinajstić information content (AvgIpc) is 2.37. The van der Waals surface area contributed by atoms with Crippen molar-refractivity contribution in [2.45, 2.75) is 20.0 Å². The van der Waals surface area contributed by atoms with Crippen molar-refractivity contribution in [3.8, 4) is 0 Å². The zero-order valence-electron chi connectivity index (χ0n) is 10.8. The van der Waals surface area contributed by atoms with Crippen molar-refractivity contribution in [2.24, 2.45) is 0 Å². The number of carbonyl (C=O) groups excluding carboxylic acids is 1. The van der Waals surface area contributed by atoms with Crippen molar-refractivity contribution in [1.29, 1.82) is 0 Å². The molecule has 6 heteroatoms. The molecule has 0 atom stereocenters. The van der Waals surface area contributed by atoms with Crippen molar-refractivity contribution in [3.05, 3.63) is 58.7 Å². The lowest BCUT2D eigenvalue weighted by atomic mass is 10.0. The van der Waals surface area contributed by atoms with Crippen molar-refractivity contribution in [1.82, 2.24) is 9.97 Å². The lowest BCUT2D eigenvalue weighted by Crippen LogP contribution is -2.16. The molecule has 0 saturated carbocycles. The third-order valence-electron chi connectivity index (χ3n) is 2.80. The molecular weight excluding hydrogens is 269 g/mol. The van der Waals surface area contributed by atoms with E-state index in [2.05, 4.69) is 9.97 Å². The zero-order chi connectivity index (χ0) is 14.9. The second-order valence-electron chi connectivity index (χ2n) is 4.43. The van der Waals surface area contributed by atoms with Gasteiger partial charge in [0.05, 0.1) is 11.1 Å². The van der Waals surface area contributed by atoms with Crippen LogP contribution in [0.25, 0.3) is 0 Å². The van der Waals surface area contributed by atoms with Crippen LogP contribution in [-0.4, -0.2) is 15.8 Å². The molecule has 2 heterocycles. The minimum absolute atomic E-state index is 0.00843. The van der Waals surface area contributed by atoms with Crippen LogP contribution in [-0.2, 0) is 6.18 Å². The summed E-state index contributed by atoms with van der Waals surface area (Å²) in [5.74, 6) is -0.775. The van der Waals surface area contributed by atoms with E-state index in [1.807, 2.05) is 0 Å². The molecule has 2 rings (SSSR count). The summed E-state index contributed by atoms with van der Waals surface area (Å²) >= 11 is 0. The van der Waals surface area contributed by atoms with Gasteiger partial charge >= 0.3 is 6.18 Å². The number of nitrogens with zero attached hydrogens (tertiary/aromatic N) is 2. The smallest absolute Gasteiger partial charge is 0.287 e. The van der Waals surface area contributed by atoms with Gasteiger partial charge in [0, 0.05) is 18.6 Å². The molecule has 2 aromatic rings. The minimum Gasteiger partial charge on any atom is -0.287 e. The van der Waals surface area contributed by atoms with Crippen molar-refractivity contribution in [3.63, 3.8) is 0 Å². The fraction of sp³-hybridized carbons (Fsp3) is 0.214. The van der Waals surface area contributed by atoms with E-state index in [0.29, 0.717) is 5.56 Å². The molecule has 0 aliphatic carbocycles. The SMILES string of the molecule is Cc1cnc(C(=O)c2cnccc2C(F)(F)F)c(C)c1. The molecule has 0 fully saturated rings. The molecule has 0 aliphatic rings. The van der Waals surface area contributed by atoms with E-state index in [1.54, 1.807) is 19.9 Å². The maximum Gasteiger partial charge on any atom is 0.417 e. The highest BCUT2D eigenvalue weighted by atomic mass is 19.4. The third kappa shape index (κ3) is 2.68. The maximum absolute atomic E-state index is 12.9. The second kappa shape index (κ2) is 5.03. The summed E-state index contributed by atoms with van der Waals surface area (Å²) in [4.78, 5) is 19.8. The van der Waals surface area contributed by atoms with Crippen molar-refractivity contribution in [2.75, 3.05) is 0 Å². The van der Waals surface area contributed by atoms with Gasteiger partial charge in [-0.25, -0.2) is 0 Å². The highest BCUT2D eigenvalue weighted by Crippen LogP contribution is 2.32. The fourth-order valence-electron chi connectivity index (χ4n) is 1.90. The number of pyridine rings is 2. The number of alkyl halides is 3. The molecule has 0 amide bonds. The Balaban J connectivity index is 2.55. The third-order valence-corrected chi connectivity index (χ3v) is 2.80.